The predicted molar refractivity (Wildman–Crippen MR) is 53.9 cm³/mol. The molecule has 1 rings (SSSR count). The Kier molecular flexibility index (Phi) is 5.65. The van der Waals surface area contributed by atoms with Gasteiger partial charge in [-0.1, -0.05) is 6.07 Å². The minimum absolute atomic E-state index is 0. The molecule has 0 atom stereocenters. The Labute approximate surface area is 88.6 Å². The molecule has 0 amide bonds. The smallest absolute Gasteiger partial charge is 0.125 e. The van der Waals surface area contributed by atoms with Crippen LogP contribution in [0.25, 0.3) is 0 Å². The maximum atomic E-state index is 8.62. The molecule has 0 aliphatic rings. The van der Waals surface area contributed by atoms with E-state index in [1.54, 1.807) is 18.2 Å². The number of rotatable bonds is 3. The molecule has 1 aromatic carbocycles. The molecule has 0 bridgehead atoms. The summed E-state index contributed by atoms with van der Waals surface area (Å²) in [5, 5.41) is 8.62. The zero-order chi connectivity index (χ0) is 9.68. The van der Waals surface area contributed by atoms with Crippen LogP contribution in [0.1, 0.15) is 11.1 Å². The molecule has 0 heterocycles. The van der Waals surface area contributed by atoms with Crippen molar-refractivity contribution in [2.75, 3.05) is 7.11 Å². The van der Waals surface area contributed by atoms with Gasteiger partial charge in [0.05, 0.1) is 25.3 Å². The molecule has 76 valence electrons. The molecule has 0 unspecified atom stereocenters. The average Bonchev–Trinajstić information content (AvgIpc) is 2.19. The third-order valence-electron chi connectivity index (χ3n) is 1.66. The van der Waals surface area contributed by atoms with Crippen molar-refractivity contribution < 1.29 is 9.57 Å². The van der Waals surface area contributed by atoms with Gasteiger partial charge in [0.25, 0.3) is 0 Å². The summed E-state index contributed by atoms with van der Waals surface area (Å²) in [5.74, 6) is 5.55. The molecule has 0 spiro atoms. The van der Waals surface area contributed by atoms with Crippen LogP contribution in [-0.4, -0.2) is 7.11 Å². The maximum absolute atomic E-state index is 8.62. The van der Waals surface area contributed by atoms with Crippen LogP contribution in [0.5, 0.6) is 5.75 Å². The standard InChI is InChI=1S/C9H10N2O2.ClH/c1-12-9-4-7(5-10)2-3-8(9)6-13-11;/h2-4H,6,11H2,1H3;1H. The summed E-state index contributed by atoms with van der Waals surface area (Å²) in [6, 6.07) is 7.11. The number of hydrogen-bond acceptors (Lipinski definition) is 4. The largest absolute Gasteiger partial charge is 0.496 e. The zero-order valence-corrected chi connectivity index (χ0v) is 8.50. The van der Waals surface area contributed by atoms with Crippen LogP contribution in [0.3, 0.4) is 0 Å². The van der Waals surface area contributed by atoms with Crippen LogP contribution >= 0.6 is 12.4 Å². The Morgan fingerprint density at radius 2 is 2.21 bits per heavy atom. The van der Waals surface area contributed by atoms with Crippen molar-refractivity contribution >= 4 is 12.4 Å². The second-order valence-corrected chi connectivity index (χ2v) is 2.45. The quantitative estimate of drug-likeness (QED) is 0.772. The Bertz CT molecular complexity index is 336. The summed E-state index contributed by atoms with van der Waals surface area (Å²) < 4.78 is 5.05. The molecule has 14 heavy (non-hydrogen) atoms. The highest BCUT2D eigenvalue weighted by Crippen LogP contribution is 2.20. The molecule has 5 heteroatoms. The summed E-state index contributed by atoms with van der Waals surface area (Å²) in [7, 11) is 1.54. The van der Waals surface area contributed by atoms with Crippen LogP contribution < -0.4 is 10.6 Å². The summed E-state index contributed by atoms with van der Waals surface area (Å²) in [5.41, 5.74) is 1.38. The zero-order valence-electron chi connectivity index (χ0n) is 7.69. The number of nitrogens with two attached hydrogens (primary N) is 1. The van der Waals surface area contributed by atoms with Gasteiger partial charge in [-0.3, -0.25) is 4.84 Å². The van der Waals surface area contributed by atoms with Gasteiger partial charge in [0.1, 0.15) is 5.75 Å². The summed E-state index contributed by atoms with van der Waals surface area (Å²) in [6.07, 6.45) is 0. The SMILES string of the molecule is COc1cc(C#N)ccc1CON.Cl. The summed E-state index contributed by atoms with van der Waals surface area (Å²) >= 11 is 0. The highest BCUT2D eigenvalue weighted by atomic mass is 35.5. The molecule has 0 saturated carbocycles. The van der Waals surface area contributed by atoms with Gasteiger partial charge in [-0.15, -0.1) is 12.4 Å². The van der Waals surface area contributed by atoms with Crippen molar-refractivity contribution in [3.05, 3.63) is 29.3 Å². The van der Waals surface area contributed by atoms with Crippen molar-refractivity contribution in [2.45, 2.75) is 6.61 Å². The molecular formula is C9H11ClN2O2. The van der Waals surface area contributed by atoms with Crippen molar-refractivity contribution in [3.8, 4) is 11.8 Å². The van der Waals surface area contributed by atoms with Gasteiger partial charge in [-0.25, -0.2) is 5.90 Å². The van der Waals surface area contributed by atoms with Gasteiger partial charge in [0.2, 0.25) is 0 Å². The minimum atomic E-state index is 0. The fraction of sp³-hybridized carbons (Fsp3) is 0.222. The van der Waals surface area contributed by atoms with E-state index in [0.717, 1.165) is 5.56 Å². The highest BCUT2D eigenvalue weighted by molar-refractivity contribution is 5.85. The molecule has 0 radical (unpaired) electrons. The van der Waals surface area contributed by atoms with E-state index in [1.807, 2.05) is 6.07 Å². The summed E-state index contributed by atoms with van der Waals surface area (Å²) in [6.45, 7) is 0.273. The molecule has 0 aliphatic carbocycles. The number of hydrogen-bond donors (Lipinski definition) is 1. The van der Waals surface area contributed by atoms with E-state index >= 15 is 0 Å². The lowest BCUT2D eigenvalue weighted by Crippen LogP contribution is -2.01. The number of halogens is 1. The number of nitrogens with zero attached hydrogens (tertiary/aromatic N) is 1. The molecular weight excluding hydrogens is 204 g/mol. The van der Waals surface area contributed by atoms with Gasteiger partial charge in [0, 0.05) is 5.56 Å². The lowest BCUT2D eigenvalue weighted by Gasteiger charge is -2.06. The Morgan fingerprint density at radius 3 is 2.71 bits per heavy atom. The normalized spacial score (nSPS) is 8.64. The molecule has 1 aromatic rings. The lowest BCUT2D eigenvalue weighted by atomic mass is 10.1. The first kappa shape index (κ1) is 12.7. The number of ether oxygens (including phenoxy) is 1. The third kappa shape index (κ3) is 2.89. The Balaban J connectivity index is 0.00000169. The fourth-order valence-electron chi connectivity index (χ4n) is 1.02. The van der Waals surface area contributed by atoms with Crippen molar-refractivity contribution in [2.24, 2.45) is 5.90 Å². The van der Waals surface area contributed by atoms with E-state index in [1.165, 1.54) is 7.11 Å². The monoisotopic (exact) mass is 214 g/mol. The first-order valence-electron chi connectivity index (χ1n) is 3.70. The second kappa shape index (κ2) is 6.22. The van der Waals surface area contributed by atoms with E-state index in [0.29, 0.717) is 11.3 Å². The van der Waals surface area contributed by atoms with Crippen molar-refractivity contribution in [1.82, 2.24) is 0 Å². The fourth-order valence-corrected chi connectivity index (χ4v) is 1.02. The van der Waals surface area contributed by atoms with Crippen LogP contribution in [0, 0.1) is 11.3 Å². The lowest BCUT2D eigenvalue weighted by molar-refractivity contribution is 0.122. The first-order valence-corrected chi connectivity index (χ1v) is 3.70. The predicted octanol–water partition coefficient (Wildman–Crippen LogP) is 1.38. The molecule has 0 saturated heterocycles. The van der Waals surface area contributed by atoms with E-state index in [2.05, 4.69) is 4.84 Å². The van der Waals surface area contributed by atoms with E-state index in [4.69, 9.17) is 15.9 Å². The average molecular weight is 215 g/mol. The maximum Gasteiger partial charge on any atom is 0.125 e. The van der Waals surface area contributed by atoms with Gasteiger partial charge >= 0.3 is 0 Å². The van der Waals surface area contributed by atoms with Crippen LogP contribution in [-0.2, 0) is 11.4 Å². The van der Waals surface area contributed by atoms with E-state index in [9.17, 15) is 0 Å². The second-order valence-electron chi connectivity index (χ2n) is 2.45. The molecule has 0 aromatic heterocycles. The van der Waals surface area contributed by atoms with E-state index < -0.39 is 0 Å². The van der Waals surface area contributed by atoms with Gasteiger partial charge < -0.3 is 4.74 Å². The Morgan fingerprint density at radius 1 is 1.50 bits per heavy atom. The number of nitriles is 1. The molecule has 4 nitrogen and oxygen atoms in total. The first-order chi connectivity index (χ1) is 6.31. The van der Waals surface area contributed by atoms with Crippen LogP contribution in [0.2, 0.25) is 0 Å². The highest BCUT2D eigenvalue weighted by Gasteiger charge is 2.03. The molecule has 0 fully saturated rings. The summed E-state index contributed by atoms with van der Waals surface area (Å²) in [4.78, 5) is 4.48. The number of benzene rings is 1. The van der Waals surface area contributed by atoms with Crippen molar-refractivity contribution in [3.63, 3.8) is 0 Å². The topological polar surface area (TPSA) is 68.3 Å². The third-order valence-corrected chi connectivity index (χ3v) is 1.66. The van der Waals surface area contributed by atoms with Crippen LogP contribution in [0.4, 0.5) is 0 Å². The van der Waals surface area contributed by atoms with Crippen LogP contribution in [0.15, 0.2) is 18.2 Å². The minimum Gasteiger partial charge on any atom is -0.496 e. The Hall–Kier alpha value is -1.28. The van der Waals surface area contributed by atoms with E-state index in [-0.39, 0.29) is 19.0 Å². The number of methoxy groups -OCH3 is 1. The molecule has 0 aliphatic heterocycles. The van der Waals surface area contributed by atoms with Crippen molar-refractivity contribution in [1.29, 1.82) is 5.26 Å². The molecule has 2 N–H and O–H groups in total. The van der Waals surface area contributed by atoms with Gasteiger partial charge in [0.15, 0.2) is 0 Å². The van der Waals surface area contributed by atoms with Gasteiger partial charge in [-0.05, 0) is 12.1 Å². The van der Waals surface area contributed by atoms with Gasteiger partial charge in [-0.2, -0.15) is 5.26 Å².